The number of benzene rings is 1. The number of carbonyl (C=O) groups excluding carboxylic acids is 1. The fourth-order valence-corrected chi connectivity index (χ4v) is 4.19. The molecule has 0 N–H and O–H groups in total. The summed E-state index contributed by atoms with van der Waals surface area (Å²) in [5.41, 5.74) is 1.25. The van der Waals surface area contributed by atoms with Crippen molar-refractivity contribution in [2.45, 2.75) is 6.54 Å². The molecule has 3 aromatic rings. The average molecular weight is 414 g/mol. The largest absolute Gasteiger partial charge is 0.288 e. The van der Waals surface area contributed by atoms with Crippen LogP contribution in [0.1, 0.15) is 11.1 Å². The smallest absolute Gasteiger partial charge is 0.266 e. The zero-order valence-corrected chi connectivity index (χ0v) is 16.2. The van der Waals surface area contributed by atoms with Crippen LogP contribution in [0.4, 0.5) is 0 Å². The lowest BCUT2D eigenvalue weighted by Gasteiger charge is -2.14. The van der Waals surface area contributed by atoms with Crippen molar-refractivity contribution in [1.82, 2.24) is 14.3 Å². The first-order valence-electron chi connectivity index (χ1n) is 8.01. The van der Waals surface area contributed by atoms with Gasteiger partial charge in [0.1, 0.15) is 15.1 Å². The van der Waals surface area contributed by atoms with E-state index in [2.05, 4.69) is 4.98 Å². The summed E-state index contributed by atoms with van der Waals surface area (Å²) in [5, 5.41) is 0.0551. The molecule has 134 valence electrons. The van der Waals surface area contributed by atoms with Gasteiger partial charge in [-0.3, -0.25) is 18.9 Å². The molecule has 2 aromatic heterocycles. The number of hydrogen-bond donors (Lipinski definition) is 0. The van der Waals surface area contributed by atoms with Crippen LogP contribution in [0.15, 0.2) is 64.4 Å². The Morgan fingerprint density at radius 3 is 2.63 bits per heavy atom. The van der Waals surface area contributed by atoms with Gasteiger partial charge in [-0.15, -0.1) is 0 Å². The Morgan fingerprint density at radius 2 is 1.85 bits per heavy atom. The zero-order valence-electron chi connectivity index (χ0n) is 13.8. The van der Waals surface area contributed by atoms with Crippen LogP contribution in [0.3, 0.4) is 0 Å². The van der Waals surface area contributed by atoms with Crippen LogP contribution < -0.4 is 5.56 Å². The monoisotopic (exact) mass is 413 g/mol. The molecule has 27 heavy (non-hydrogen) atoms. The highest BCUT2D eigenvalue weighted by Gasteiger charge is 2.32. The molecule has 1 aromatic carbocycles. The lowest BCUT2D eigenvalue weighted by molar-refractivity contribution is -0.122. The summed E-state index contributed by atoms with van der Waals surface area (Å²) in [7, 11) is 0. The number of thioether (sulfide) groups is 1. The molecule has 1 aliphatic heterocycles. The number of hydrogen-bond acceptors (Lipinski definition) is 5. The maximum atomic E-state index is 12.8. The van der Waals surface area contributed by atoms with Crippen molar-refractivity contribution in [1.29, 1.82) is 0 Å². The van der Waals surface area contributed by atoms with Crippen molar-refractivity contribution in [3.8, 4) is 0 Å². The third-order valence-electron chi connectivity index (χ3n) is 4.06. The molecule has 1 amide bonds. The van der Waals surface area contributed by atoms with Gasteiger partial charge >= 0.3 is 0 Å². The number of fused-ring (bicyclic) bond motifs is 1. The molecular formula is C19H12ClN3O2S2. The van der Waals surface area contributed by atoms with Gasteiger partial charge in [-0.2, -0.15) is 0 Å². The molecule has 0 unspecified atom stereocenters. The summed E-state index contributed by atoms with van der Waals surface area (Å²) in [6, 6.07) is 14.8. The third kappa shape index (κ3) is 3.41. The number of rotatable bonds is 3. The number of carbonyl (C=O) groups is 1. The topological polar surface area (TPSA) is 54.7 Å². The third-order valence-corrected chi connectivity index (χ3v) is 5.72. The van der Waals surface area contributed by atoms with Crippen molar-refractivity contribution in [3.05, 3.63) is 86.3 Å². The summed E-state index contributed by atoms with van der Waals surface area (Å²) >= 11 is 12.7. The van der Waals surface area contributed by atoms with Crippen LogP contribution in [0.5, 0.6) is 0 Å². The maximum Gasteiger partial charge on any atom is 0.266 e. The molecule has 0 saturated carbocycles. The van der Waals surface area contributed by atoms with Gasteiger partial charge in [0.2, 0.25) is 0 Å². The van der Waals surface area contributed by atoms with Crippen LogP contribution in [-0.4, -0.2) is 24.5 Å². The van der Waals surface area contributed by atoms with Gasteiger partial charge in [0.15, 0.2) is 0 Å². The van der Waals surface area contributed by atoms with E-state index in [1.165, 1.54) is 15.4 Å². The van der Waals surface area contributed by atoms with E-state index in [0.717, 1.165) is 17.3 Å². The molecule has 1 saturated heterocycles. The Labute approximate surface area is 169 Å². The SMILES string of the molecule is O=C1C(=Cc2c(Cl)nc3ccccn3c2=O)SC(=S)N1Cc1ccccc1. The van der Waals surface area contributed by atoms with Crippen LogP contribution >= 0.6 is 35.6 Å². The molecule has 1 fully saturated rings. The molecule has 0 atom stereocenters. The molecule has 4 rings (SSSR count). The number of aromatic nitrogens is 2. The highest BCUT2D eigenvalue weighted by molar-refractivity contribution is 8.26. The molecule has 8 heteroatoms. The van der Waals surface area contributed by atoms with Crippen molar-refractivity contribution in [3.63, 3.8) is 0 Å². The van der Waals surface area contributed by atoms with Gasteiger partial charge in [0, 0.05) is 6.20 Å². The van der Waals surface area contributed by atoms with Crippen LogP contribution in [-0.2, 0) is 11.3 Å². The predicted molar refractivity (Wildman–Crippen MR) is 112 cm³/mol. The summed E-state index contributed by atoms with van der Waals surface area (Å²) in [6.07, 6.45) is 3.08. The van der Waals surface area contributed by atoms with Gasteiger partial charge in [0.05, 0.1) is 17.0 Å². The van der Waals surface area contributed by atoms with Gasteiger partial charge in [-0.1, -0.05) is 72.0 Å². The predicted octanol–water partition coefficient (Wildman–Crippen LogP) is 3.75. The lowest BCUT2D eigenvalue weighted by Crippen LogP contribution is -2.27. The second kappa shape index (κ2) is 7.26. The number of thiocarbonyl (C=S) groups is 1. The van der Waals surface area contributed by atoms with Crippen molar-refractivity contribution in [2.24, 2.45) is 0 Å². The van der Waals surface area contributed by atoms with E-state index in [0.29, 0.717) is 21.4 Å². The number of nitrogens with zero attached hydrogens (tertiary/aromatic N) is 3. The van der Waals surface area contributed by atoms with E-state index in [1.54, 1.807) is 24.4 Å². The maximum absolute atomic E-state index is 12.8. The molecule has 0 aliphatic carbocycles. The summed E-state index contributed by atoms with van der Waals surface area (Å²) < 4.78 is 1.84. The summed E-state index contributed by atoms with van der Waals surface area (Å²) in [5.74, 6) is -0.248. The Hall–Kier alpha value is -2.48. The Balaban J connectivity index is 1.71. The Morgan fingerprint density at radius 1 is 1.11 bits per heavy atom. The first kappa shape index (κ1) is 17.9. The van der Waals surface area contributed by atoms with Crippen molar-refractivity contribution < 1.29 is 4.79 Å². The minimum Gasteiger partial charge on any atom is -0.288 e. The van der Waals surface area contributed by atoms with E-state index in [9.17, 15) is 9.59 Å². The summed E-state index contributed by atoms with van der Waals surface area (Å²) in [6.45, 7) is 0.380. The van der Waals surface area contributed by atoms with Crippen LogP contribution in [0.2, 0.25) is 5.15 Å². The highest BCUT2D eigenvalue weighted by Crippen LogP contribution is 2.33. The molecule has 0 bridgehead atoms. The second-order valence-corrected chi connectivity index (χ2v) is 7.84. The molecular weight excluding hydrogens is 402 g/mol. The Kier molecular flexibility index (Phi) is 4.82. The minimum atomic E-state index is -0.334. The number of pyridine rings is 1. The molecule has 0 radical (unpaired) electrons. The quantitative estimate of drug-likeness (QED) is 0.372. The first-order valence-corrected chi connectivity index (χ1v) is 9.61. The van der Waals surface area contributed by atoms with Crippen molar-refractivity contribution >= 4 is 57.5 Å². The number of amides is 1. The van der Waals surface area contributed by atoms with Gasteiger partial charge in [0.25, 0.3) is 11.5 Å². The fraction of sp³-hybridized carbons (Fsp3) is 0.0526. The van der Waals surface area contributed by atoms with Crippen LogP contribution in [0.25, 0.3) is 11.7 Å². The van der Waals surface area contributed by atoms with E-state index in [1.807, 2.05) is 30.3 Å². The molecule has 5 nitrogen and oxygen atoms in total. The molecule has 0 spiro atoms. The number of halogens is 1. The van der Waals surface area contributed by atoms with Crippen molar-refractivity contribution in [2.75, 3.05) is 0 Å². The van der Waals surface area contributed by atoms with E-state index >= 15 is 0 Å². The fourth-order valence-electron chi connectivity index (χ4n) is 2.73. The van der Waals surface area contributed by atoms with E-state index in [4.69, 9.17) is 23.8 Å². The molecule has 3 heterocycles. The van der Waals surface area contributed by atoms with Crippen LogP contribution in [0, 0.1) is 0 Å². The van der Waals surface area contributed by atoms with Gasteiger partial charge in [-0.25, -0.2) is 4.98 Å². The first-order chi connectivity index (χ1) is 13.0. The average Bonchev–Trinajstić information content (AvgIpc) is 2.93. The second-order valence-electron chi connectivity index (χ2n) is 5.80. The molecule has 1 aliphatic rings. The van der Waals surface area contributed by atoms with E-state index < -0.39 is 0 Å². The zero-order chi connectivity index (χ0) is 19.0. The highest BCUT2D eigenvalue weighted by atomic mass is 35.5. The normalized spacial score (nSPS) is 15.9. The Bertz CT molecular complexity index is 1160. The van der Waals surface area contributed by atoms with E-state index in [-0.39, 0.29) is 22.2 Å². The summed E-state index contributed by atoms with van der Waals surface area (Å²) in [4.78, 5) is 31.6. The standard InChI is InChI=1S/C19H12ClN3O2S2/c20-16-13(17(24)22-9-5-4-8-15(22)21-16)10-14-18(25)23(19(26)27-14)11-12-6-2-1-3-7-12/h1-10H,11H2. The lowest BCUT2D eigenvalue weighted by atomic mass is 10.2. The minimum absolute atomic E-state index is 0.0551. The van der Waals surface area contributed by atoms with Gasteiger partial charge < -0.3 is 0 Å². The van der Waals surface area contributed by atoms with Gasteiger partial charge in [-0.05, 0) is 23.8 Å².